The Bertz CT molecular complexity index is 890. The second-order valence-corrected chi connectivity index (χ2v) is 9.16. The van der Waals surface area contributed by atoms with Crippen LogP contribution in [0.4, 0.5) is 5.95 Å². The number of nitrogens with zero attached hydrogens (tertiary/aromatic N) is 3. The highest BCUT2D eigenvalue weighted by Gasteiger charge is 2.42. The fourth-order valence-electron chi connectivity index (χ4n) is 5.43. The van der Waals surface area contributed by atoms with Gasteiger partial charge in [0.2, 0.25) is 5.95 Å². The molecule has 0 radical (unpaired) electrons. The minimum atomic E-state index is -0.394. The second-order valence-electron chi connectivity index (χ2n) is 9.16. The standard InChI is InChI=1S/C25H34N4O/c1-3-10-20-21(23(26)30)22(28-24(27-20)29-16-9-11-18(2)17-29)25(14-7-8-15-25)19-12-5-4-6-13-19/h4-6,12-13,18H,3,7-11,14-17H2,1-2H3,(H2,26,30). The molecule has 0 spiro atoms. The third-order valence-electron chi connectivity index (χ3n) is 6.88. The van der Waals surface area contributed by atoms with E-state index in [0.717, 1.165) is 75.4 Å². The summed E-state index contributed by atoms with van der Waals surface area (Å²) in [6.45, 7) is 6.36. The zero-order chi connectivity index (χ0) is 21.1. The maximum atomic E-state index is 12.7. The monoisotopic (exact) mass is 406 g/mol. The summed E-state index contributed by atoms with van der Waals surface area (Å²) in [5.74, 6) is 1.02. The fourth-order valence-corrected chi connectivity index (χ4v) is 5.43. The molecular weight excluding hydrogens is 372 g/mol. The van der Waals surface area contributed by atoms with E-state index in [1.54, 1.807) is 0 Å². The van der Waals surface area contributed by atoms with E-state index in [1.165, 1.54) is 12.0 Å². The Morgan fingerprint density at radius 2 is 1.90 bits per heavy atom. The van der Waals surface area contributed by atoms with Gasteiger partial charge in [-0.25, -0.2) is 9.97 Å². The van der Waals surface area contributed by atoms with Gasteiger partial charge in [0.05, 0.1) is 17.0 Å². The molecule has 0 bridgehead atoms. The van der Waals surface area contributed by atoms with Crippen LogP contribution in [0.1, 0.15) is 86.1 Å². The zero-order valence-electron chi connectivity index (χ0n) is 18.4. The SMILES string of the molecule is CCCc1nc(N2CCCC(C)C2)nc(C2(c3ccccc3)CCCC2)c1C(N)=O. The Morgan fingerprint density at radius 3 is 2.53 bits per heavy atom. The van der Waals surface area contributed by atoms with Crippen LogP contribution in [0.25, 0.3) is 0 Å². The summed E-state index contributed by atoms with van der Waals surface area (Å²) in [7, 11) is 0. The van der Waals surface area contributed by atoms with Crippen molar-refractivity contribution >= 4 is 11.9 Å². The molecule has 30 heavy (non-hydrogen) atoms. The highest BCUT2D eigenvalue weighted by Crippen LogP contribution is 2.47. The number of carbonyl (C=O) groups is 1. The number of carbonyl (C=O) groups excluding carboxylic acids is 1. The van der Waals surface area contributed by atoms with Gasteiger partial charge in [0.15, 0.2) is 0 Å². The Hall–Kier alpha value is -2.43. The first-order chi connectivity index (χ1) is 14.5. The summed E-state index contributed by atoms with van der Waals surface area (Å²) in [6.07, 6.45) is 8.33. The third-order valence-corrected chi connectivity index (χ3v) is 6.88. The summed E-state index contributed by atoms with van der Waals surface area (Å²) in [4.78, 5) is 25.1. The number of hydrogen-bond donors (Lipinski definition) is 1. The maximum Gasteiger partial charge on any atom is 0.252 e. The molecule has 1 atom stereocenters. The van der Waals surface area contributed by atoms with Gasteiger partial charge in [-0.2, -0.15) is 0 Å². The van der Waals surface area contributed by atoms with Gasteiger partial charge < -0.3 is 10.6 Å². The van der Waals surface area contributed by atoms with Gasteiger partial charge in [0.1, 0.15) is 0 Å². The molecule has 160 valence electrons. The van der Waals surface area contributed by atoms with Gasteiger partial charge in [-0.1, -0.05) is 63.4 Å². The molecule has 2 aromatic rings. The molecule has 2 heterocycles. The average molecular weight is 407 g/mol. The van der Waals surface area contributed by atoms with Gasteiger partial charge in [-0.15, -0.1) is 0 Å². The van der Waals surface area contributed by atoms with Crippen LogP contribution < -0.4 is 10.6 Å². The summed E-state index contributed by atoms with van der Waals surface area (Å²) in [5.41, 5.74) is 9.21. The van der Waals surface area contributed by atoms with E-state index in [-0.39, 0.29) is 5.41 Å². The largest absolute Gasteiger partial charge is 0.365 e. The molecular formula is C25H34N4O. The molecule has 1 aliphatic carbocycles. The molecule has 1 saturated heterocycles. The Labute approximate surface area is 180 Å². The average Bonchev–Trinajstić information content (AvgIpc) is 3.25. The summed E-state index contributed by atoms with van der Waals surface area (Å²) in [6, 6.07) is 10.6. The molecule has 1 aromatic carbocycles. The maximum absolute atomic E-state index is 12.7. The molecule has 1 unspecified atom stereocenters. The molecule has 2 fully saturated rings. The molecule has 4 rings (SSSR count). The van der Waals surface area contributed by atoms with Crippen LogP contribution in [0.5, 0.6) is 0 Å². The molecule has 5 nitrogen and oxygen atoms in total. The number of hydrogen-bond acceptors (Lipinski definition) is 4. The number of anilines is 1. The van der Waals surface area contributed by atoms with Crippen molar-refractivity contribution < 1.29 is 4.79 Å². The molecule has 5 heteroatoms. The molecule has 1 aliphatic heterocycles. The lowest BCUT2D eigenvalue weighted by molar-refractivity contribution is 0.0996. The van der Waals surface area contributed by atoms with Crippen molar-refractivity contribution in [3.8, 4) is 0 Å². The number of nitrogens with two attached hydrogens (primary N) is 1. The van der Waals surface area contributed by atoms with Crippen molar-refractivity contribution in [2.75, 3.05) is 18.0 Å². The predicted octanol–water partition coefficient (Wildman–Crippen LogP) is 4.62. The Balaban J connectivity index is 1.93. The number of piperidine rings is 1. The van der Waals surface area contributed by atoms with Gasteiger partial charge in [0, 0.05) is 18.5 Å². The van der Waals surface area contributed by atoms with Crippen molar-refractivity contribution in [1.82, 2.24) is 9.97 Å². The lowest BCUT2D eigenvalue weighted by atomic mass is 9.73. The number of aryl methyl sites for hydroxylation is 1. The van der Waals surface area contributed by atoms with Crippen molar-refractivity contribution in [3.63, 3.8) is 0 Å². The predicted molar refractivity (Wildman–Crippen MR) is 121 cm³/mol. The number of primary amides is 1. The first-order valence-electron chi connectivity index (χ1n) is 11.6. The van der Waals surface area contributed by atoms with E-state index < -0.39 is 5.91 Å². The summed E-state index contributed by atoms with van der Waals surface area (Å²) >= 11 is 0. The van der Waals surface area contributed by atoms with Crippen LogP contribution in [0.15, 0.2) is 30.3 Å². The minimum absolute atomic E-state index is 0.257. The summed E-state index contributed by atoms with van der Waals surface area (Å²) < 4.78 is 0. The van der Waals surface area contributed by atoms with E-state index in [9.17, 15) is 4.79 Å². The first-order valence-corrected chi connectivity index (χ1v) is 11.6. The van der Waals surface area contributed by atoms with Gasteiger partial charge >= 0.3 is 0 Å². The van der Waals surface area contributed by atoms with Gasteiger partial charge in [-0.3, -0.25) is 4.79 Å². The van der Waals surface area contributed by atoms with Crippen LogP contribution in [0, 0.1) is 5.92 Å². The molecule has 2 N–H and O–H groups in total. The number of aromatic nitrogens is 2. The van der Waals surface area contributed by atoms with Crippen LogP contribution in [-0.4, -0.2) is 29.0 Å². The molecule has 1 amide bonds. The fraction of sp³-hybridized carbons (Fsp3) is 0.560. The number of rotatable bonds is 6. The smallest absolute Gasteiger partial charge is 0.252 e. The Morgan fingerprint density at radius 1 is 1.17 bits per heavy atom. The van der Waals surface area contributed by atoms with Crippen LogP contribution in [0.3, 0.4) is 0 Å². The topological polar surface area (TPSA) is 72.1 Å². The lowest BCUT2D eigenvalue weighted by Gasteiger charge is -2.35. The highest BCUT2D eigenvalue weighted by atomic mass is 16.1. The molecule has 1 saturated carbocycles. The zero-order valence-corrected chi connectivity index (χ0v) is 18.4. The number of amides is 1. The van der Waals surface area contributed by atoms with Crippen LogP contribution >= 0.6 is 0 Å². The summed E-state index contributed by atoms with van der Waals surface area (Å²) in [5, 5.41) is 0. The second kappa shape index (κ2) is 8.75. The van der Waals surface area contributed by atoms with Gasteiger partial charge in [0.25, 0.3) is 5.91 Å². The number of benzene rings is 1. The normalized spacial score (nSPS) is 21.0. The van der Waals surface area contributed by atoms with E-state index >= 15 is 0 Å². The van der Waals surface area contributed by atoms with Gasteiger partial charge in [-0.05, 0) is 43.6 Å². The van der Waals surface area contributed by atoms with E-state index in [2.05, 4.69) is 43.0 Å². The van der Waals surface area contributed by atoms with E-state index in [4.69, 9.17) is 15.7 Å². The van der Waals surface area contributed by atoms with Crippen LogP contribution in [-0.2, 0) is 11.8 Å². The first kappa shape index (κ1) is 20.8. The highest BCUT2D eigenvalue weighted by molar-refractivity contribution is 5.96. The van der Waals surface area contributed by atoms with E-state index in [0.29, 0.717) is 11.5 Å². The van der Waals surface area contributed by atoms with E-state index in [1.807, 2.05) is 6.07 Å². The van der Waals surface area contributed by atoms with Crippen molar-refractivity contribution in [2.45, 2.75) is 70.6 Å². The van der Waals surface area contributed by atoms with Crippen molar-refractivity contribution in [2.24, 2.45) is 11.7 Å². The van der Waals surface area contributed by atoms with Crippen molar-refractivity contribution in [1.29, 1.82) is 0 Å². The van der Waals surface area contributed by atoms with Crippen molar-refractivity contribution in [3.05, 3.63) is 52.8 Å². The quantitative estimate of drug-likeness (QED) is 0.759. The molecule has 1 aromatic heterocycles. The lowest BCUT2D eigenvalue weighted by Crippen LogP contribution is -2.38. The Kier molecular flexibility index (Phi) is 6.07. The third kappa shape index (κ3) is 3.82. The minimum Gasteiger partial charge on any atom is -0.365 e. The van der Waals surface area contributed by atoms with Crippen LogP contribution in [0.2, 0.25) is 0 Å². The molecule has 2 aliphatic rings.